The van der Waals surface area contributed by atoms with Crippen molar-refractivity contribution in [2.24, 2.45) is 0 Å². The molecule has 2 amide bonds. The highest BCUT2D eigenvalue weighted by Gasteiger charge is 2.42. The van der Waals surface area contributed by atoms with Gasteiger partial charge in [0.2, 0.25) is 0 Å². The Morgan fingerprint density at radius 2 is 1.96 bits per heavy atom. The summed E-state index contributed by atoms with van der Waals surface area (Å²) in [5.41, 5.74) is -0.905. The van der Waals surface area contributed by atoms with Crippen molar-refractivity contribution in [2.45, 2.75) is 57.2 Å². The van der Waals surface area contributed by atoms with Crippen LogP contribution in [0.5, 0.6) is 0 Å². The lowest BCUT2D eigenvalue weighted by atomic mass is 9.91. The number of hydrogen-bond acceptors (Lipinski definition) is 4. The van der Waals surface area contributed by atoms with Crippen molar-refractivity contribution >= 4 is 12.0 Å². The van der Waals surface area contributed by atoms with Crippen LogP contribution in [-0.4, -0.2) is 53.2 Å². The number of likely N-dealkylation sites (tertiary alicyclic amines) is 1. The molecule has 1 saturated heterocycles. The van der Waals surface area contributed by atoms with Gasteiger partial charge in [-0.3, -0.25) is 9.69 Å². The number of rotatable bonds is 4. The average Bonchev–Trinajstić information content (AvgIpc) is 3.04. The van der Waals surface area contributed by atoms with Crippen molar-refractivity contribution in [3.05, 3.63) is 36.3 Å². The van der Waals surface area contributed by atoms with Crippen LogP contribution in [0.2, 0.25) is 0 Å². The Balaban J connectivity index is 1.55. The minimum Gasteiger partial charge on any atom is -0.449 e. The van der Waals surface area contributed by atoms with Crippen molar-refractivity contribution < 1.29 is 18.7 Å². The Morgan fingerprint density at radius 1 is 1.26 bits per heavy atom. The molecule has 0 spiro atoms. The second kappa shape index (κ2) is 8.59. The number of piperidine rings is 1. The lowest BCUT2D eigenvalue weighted by Crippen LogP contribution is -2.52. The summed E-state index contributed by atoms with van der Waals surface area (Å²) in [4.78, 5) is 27.6. The predicted molar refractivity (Wildman–Crippen MR) is 100 cm³/mol. The molecule has 2 aliphatic heterocycles. The van der Waals surface area contributed by atoms with Crippen molar-refractivity contribution in [3.8, 4) is 0 Å². The van der Waals surface area contributed by atoms with E-state index >= 15 is 4.39 Å². The van der Waals surface area contributed by atoms with Crippen LogP contribution in [0.1, 0.15) is 45.4 Å². The first kappa shape index (κ1) is 19.5. The molecule has 0 atom stereocenters. The summed E-state index contributed by atoms with van der Waals surface area (Å²) in [5.74, 6) is -0.451. The first-order chi connectivity index (χ1) is 13.0. The number of ether oxygens (including phenoxy) is 1. The summed E-state index contributed by atoms with van der Waals surface area (Å²) in [6.45, 7) is 2.98. The predicted octanol–water partition coefficient (Wildman–Crippen LogP) is 3.23. The van der Waals surface area contributed by atoms with E-state index in [1.54, 1.807) is 31.5 Å². The van der Waals surface area contributed by atoms with Crippen LogP contribution in [0.15, 0.2) is 36.3 Å². The zero-order chi connectivity index (χ0) is 19.3. The fraction of sp³-hybridized carbons (Fsp3) is 0.600. The Kier molecular flexibility index (Phi) is 6.19. The molecule has 2 fully saturated rings. The zero-order valence-electron chi connectivity index (χ0n) is 15.8. The third-order valence-corrected chi connectivity index (χ3v) is 5.42. The van der Waals surface area contributed by atoms with E-state index < -0.39 is 17.7 Å². The standard InChI is InChI=1S/C20H28FN3O3/c1-2-27-19(26)24-12-5-8-17(9-13-24)23-14-10-20(21,11-15-23)18(25)22-16-6-3-4-7-16/h5,8-9,12-13,16H,2-4,6-7,10-11,14-15H2,1H3,(H,22,25). The minimum absolute atomic E-state index is 0.134. The number of nitrogens with zero attached hydrogens (tertiary/aromatic N) is 2. The monoisotopic (exact) mass is 377 g/mol. The maximum Gasteiger partial charge on any atom is 0.417 e. The third-order valence-electron chi connectivity index (χ3n) is 5.42. The molecule has 3 rings (SSSR count). The van der Waals surface area contributed by atoms with E-state index in [4.69, 9.17) is 4.74 Å². The van der Waals surface area contributed by atoms with Gasteiger partial charge in [0.15, 0.2) is 5.67 Å². The molecule has 6 nitrogen and oxygen atoms in total. The number of halogens is 1. The topological polar surface area (TPSA) is 61.9 Å². The van der Waals surface area contributed by atoms with Crippen LogP contribution in [0.25, 0.3) is 0 Å². The number of amides is 2. The van der Waals surface area contributed by atoms with Crippen LogP contribution in [0, 0.1) is 0 Å². The van der Waals surface area contributed by atoms with Gasteiger partial charge in [-0.05, 0) is 38.0 Å². The van der Waals surface area contributed by atoms with E-state index in [-0.39, 0.29) is 18.9 Å². The first-order valence-electron chi connectivity index (χ1n) is 9.78. The van der Waals surface area contributed by atoms with Gasteiger partial charge in [-0.2, -0.15) is 0 Å². The number of carbonyl (C=O) groups excluding carboxylic acids is 2. The molecule has 1 N–H and O–H groups in total. The summed E-state index contributed by atoms with van der Waals surface area (Å²) < 4.78 is 20.1. The summed E-state index contributed by atoms with van der Waals surface area (Å²) in [5, 5.41) is 2.89. The van der Waals surface area contributed by atoms with Crippen LogP contribution in [0.3, 0.4) is 0 Å². The third kappa shape index (κ3) is 4.70. The van der Waals surface area contributed by atoms with E-state index in [2.05, 4.69) is 5.32 Å². The minimum atomic E-state index is -1.79. The van der Waals surface area contributed by atoms with Crippen LogP contribution in [0.4, 0.5) is 9.18 Å². The Hall–Kier alpha value is -2.31. The molecule has 1 aliphatic carbocycles. The Bertz CT molecular complexity index is 645. The van der Waals surface area contributed by atoms with Crippen molar-refractivity contribution in [1.82, 2.24) is 15.1 Å². The van der Waals surface area contributed by atoms with Crippen LogP contribution < -0.4 is 5.32 Å². The van der Waals surface area contributed by atoms with Crippen molar-refractivity contribution in [3.63, 3.8) is 0 Å². The van der Waals surface area contributed by atoms with Gasteiger partial charge in [0.05, 0.1) is 6.61 Å². The molecule has 0 aromatic carbocycles. The molecule has 27 heavy (non-hydrogen) atoms. The molecule has 1 saturated carbocycles. The fourth-order valence-electron chi connectivity index (χ4n) is 3.76. The molecular weight excluding hydrogens is 349 g/mol. The molecule has 0 unspecified atom stereocenters. The highest BCUT2D eigenvalue weighted by Crippen LogP contribution is 2.30. The lowest BCUT2D eigenvalue weighted by molar-refractivity contribution is -0.136. The number of alkyl halides is 1. The summed E-state index contributed by atoms with van der Waals surface area (Å²) in [6, 6.07) is 0.134. The van der Waals surface area contributed by atoms with Gasteiger partial charge in [-0.1, -0.05) is 12.8 Å². The largest absolute Gasteiger partial charge is 0.449 e. The van der Waals surface area contributed by atoms with Crippen molar-refractivity contribution in [2.75, 3.05) is 19.7 Å². The summed E-state index contributed by atoms with van der Waals surface area (Å²) in [7, 11) is 0. The molecule has 3 aliphatic rings. The lowest BCUT2D eigenvalue weighted by Gasteiger charge is -2.37. The zero-order valence-corrected chi connectivity index (χ0v) is 15.8. The van der Waals surface area contributed by atoms with E-state index in [9.17, 15) is 9.59 Å². The summed E-state index contributed by atoms with van der Waals surface area (Å²) >= 11 is 0. The number of nitrogens with one attached hydrogen (secondary N) is 1. The van der Waals surface area contributed by atoms with Gasteiger partial charge in [0, 0.05) is 50.1 Å². The highest BCUT2D eigenvalue weighted by molar-refractivity contribution is 5.85. The summed E-state index contributed by atoms with van der Waals surface area (Å²) in [6.07, 6.45) is 12.7. The van der Waals surface area contributed by atoms with E-state index in [0.717, 1.165) is 31.4 Å². The van der Waals surface area contributed by atoms with Gasteiger partial charge in [-0.25, -0.2) is 9.18 Å². The molecule has 148 valence electrons. The fourth-order valence-corrected chi connectivity index (χ4v) is 3.76. The molecule has 7 heteroatoms. The van der Waals surface area contributed by atoms with Gasteiger partial charge >= 0.3 is 6.09 Å². The van der Waals surface area contributed by atoms with Gasteiger partial charge < -0.3 is 15.0 Å². The van der Waals surface area contributed by atoms with Gasteiger partial charge in [0.1, 0.15) is 0 Å². The molecule has 2 heterocycles. The van der Waals surface area contributed by atoms with Gasteiger partial charge in [-0.15, -0.1) is 0 Å². The molecular formula is C20H28FN3O3. The van der Waals surface area contributed by atoms with E-state index in [1.165, 1.54) is 4.90 Å². The van der Waals surface area contributed by atoms with Crippen LogP contribution >= 0.6 is 0 Å². The second-order valence-corrected chi connectivity index (χ2v) is 7.26. The number of carbonyl (C=O) groups is 2. The molecule has 0 aromatic heterocycles. The molecule has 0 aromatic rings. The van der Waals surface area contributed by atoms with Gasteiger partial charge in [0.25, 0.3) is 5.91 Å². The number of hydrogen-bond donors (Lipinski definition) is 1. The van der Waals surface area contributed by atoms with E-state index in [0.29, 0.717) is 19.7 Å². The quantitative estimate of drug-likeness (QED) is 0.817. The van der Waals surface area contributed by atoms with Crippen LogP contribution in [-0.2, 0) is 9.53 Å². The average molecular weight is 377 g/mol. The highest BCUT2D eigenvalue weighted by atomic mass is 19.1. The van der Waals surface area contributed by atoms with E-state index in [1.807, 2.05) is 11.0 Å². The smallest absolute Gasteiger partial charge is 0.417 e. The SMILES string of the molecule is CCOC(=O)N1C=CC=C(N2CCC(F)(C(=O)NC3CCCC3)CC2)C=C1. The first-order valence-corrected chi connectivity index (χ1v) is 9.78. The Morgan fingerprint density at radius 3 is 2.63 bits per heavy atom. The number of allylic oxidation sites excluding steroid dienone is 3. The molecule has 0 bridgehead atoms. The Labute approximate surface area is 159 Å². The second-order valence-electron chi connectivity index (χ2n) is 7.26. The molecule has 0 radical (unpaired) electrons. The maximum absolute atomic E-state index is 15.1. The van der Waals surface area contributed by atoms with Crippen molar-refractivity contribution in [1.29, 1.82) is 0 Å². The normalized spacial score (nSPS) is 22.4. The maximum atomic E-state index is 15.1.